The topological polar surface area (TPSA) is 75.0 Å². The summed E-state index contributed by atoms with van der Waals surface area (Å²) in [5, 5.41) is 3.29. The average molecular weight is 307 g/mol. The molecule has 0 bridgehead atoms. The third-order valence-electron chi connectivity index (χ3n) is 4.07. The van der Waals surface area contributed by atoms with Crippen LogP contribution in [0.1, 0.15) is 17.0 Å². The van der Waals surface area contributed by atoms with Gasteiger partial charge in [0.15, 0.2) is 5.76 Å². The highest BCUT2D eigenvalue weighted by molar-refractivity contribution is 5.91. The lowest BCUT2D eigenvalue weighted by molar-refractivity contribution is -0.133. The molecule has 2 saturated heterocycles. The van der Waals surface area contributed by atoms with Gasteiger partial charge in [0.1, 0.15) is 0 Å². The van der Waals surface area contributed by atoms with Crippen molar-refractivity contribution in [2.24, 2.45) is 0 Å². The van der Waals surface area contributed by atoms with Crippen molar-refractivity contribution in [3.05, 3.63) is 24.2 Å². The average Bonchev–Trinajstić information content (AvgIpc) is 3.10. The number of ether oxygens (including phenoxy) is 1. The van der Waals surface area contributed by atoms with Crippen LogP contribution in [0, 0.1) is 0 Å². The first-order valence-corrected chi connectivity index (χ1v) is 7.66. The van der Waals surface area contributed by atoms with Gasteiger partial charge in [-0.2, -0.15) is 0 Å². The summed E-state index contributed by atoms with van der Waals surface area (Å²) in [4.78, 5) is 28.0. The fourth-order valence-electron chi connectivity index (χ4n) is 2.81. The van der Waals surface area contributed by atoms with Crippen LogP contribution in [-0.2, 0) is 9.53 Å². The SMILES string of the molecule is O=C(CC1COCCN1)N1CCN(C(=O)c2ccco2)CC1. The molecule has 7 nitrogen and oxygen atoms in total. The van der Waals surface area contributed by atoms with Gasteiger partial charge >= 0.3 is 0 Å². The largest absolute Gasteiger partial charge is 0.459 e. The quantitative estimate of drug-likeness (QED) is 0.847. The zero-order chi connectivity index (χ0) is 15.4. The zero-order valence-electron chi connectivity index (χ0n) is 12.5. The Balaban J connectivity index is 1.46. The first kappa shape index (κ1) is 15.1. The van der Waals surface area contributed by atoms with Crippen LogP contribution in [0.3, 0.4) is 0 Å². The number of nitrogens with zero attached hydrogens (tertiary/aromatic N) is 2. The molecule has 2 aliphatic rings. The van der Waals surface area contributed by atoms with Gasteiger partial charge in [0, 0.05) is 45.2 Å². The number of nitrogens with one attached hydrogen (secondary N) is 1. The molecule has 0 saturated carbocycles. The van der Waals surface area contributed by atoms with Crippen molar-refractivity contribution < 1.29 is 18.7 Å². The Morgan fingerprint density at radius 1 is 1.23 bits per heavy atom. The number of amides is 2. The molecule has 0 radical (unpaired) electrons. The summed E-state index contributed by atoms with van der Waals surface area (Å²) in [6.07, 6.45) is 1.94. The molecule has 1 aromatic heterocycles. The molecule has 1 atom stereocenters. The van der Waals surface area contributed by atoms with Gasteiger partial charge in [0.25, 0.3) is 5.91 Å². The summed E-state index contributed by atoms with van der Waals surface area (Å²) in [5.74, 6) is 0.357. The molecule has 0 aromatic carbocycles. The number of carbonyl (C=O) groups is 2. The summed E-state index contributed by atoms with van der Waals surface area (Å²) in [6, 6.07) is 3.46. The van der Waals surface area contributed by atoms with Gasteiger partial charge in [-0.25, -0.2) is 0 Å². The molecular formula is C15H21N3O4. The van der Waals surface area contributed by atoms with E-state index >= 15 is 0 Å². The predicted molar refractivity (Wildman–Crippen MR) is 78.4 cm³/mol. The molecule has 3 heterocycles. The van der Waals surface area contributed by atoms with E-state index in [9.17, 15) is 9.59 Å². The Labute approximate surface area is 129 Å². The Morgan fingerprint density at radius 2 is 2.00 bits per heavy atom. The second-order valence-electron chi connectivity index (χ2n) is 5.58. The van der Waals surface area contributed by atoms with E-state index in [0.29, 0.717) is 51.6 Å². The maximum atomic E-state index is 12.3. The van der Waals surface area contributed by atoms with Gasteiger partial charge < -0.3 is 24.3 Å². The van der Waals surface area contributed by atoms with E-state index in [2.05, 4.69) is 5.32 Å². The van der Waals surface area contributed by atoms with Crippen LogP contribution in [0.15, 0.2) is 22.8 Å². The van der Waals surface area contributed by atoms with Crippen LogP contribution in [0.5, 0.6) is 0 Å². The number of piperazine rings is 1. The lowest BCUT2D eigenvalue weighted by Gasteiger charge is -2.35. The Morgan fingerprint density at radius 3 is 2.64 bits per heavy atom. The molecule has 1 N–H and O–H groups in total. The monoisotopic (exact) mass is 307 g/mol. The lowest BCUT2D eigenvalue weighted by atomic mass is 10.1. The third kappa shape index (κ3) is 3.48. The summed E-state index contributed by atoms with van der Waals surface area (Å²) in [5.41, 5.74) is 0. The summed E-state index contributed by atoms with van der Waals surface area (Å²) < 4.78 is 10.5. The van der Waals surface area contributed by atoms with Gasteiger partial charge in [-0.3, -0.25) is 9.59 Å². The number of morpholine rings is 1. The summed E-state index contributed by atoms with van der Waals surface area (Å²) >= 11 is 0. The molecular weight excluding hydrogens is 286 g/mol. The van der Waals surface area contributed by atoms with Crippen LogP contribution < -0.4 is 5.32 Å². The highest BCUT2D eigenvalue weighted by atomic mass is 16.5. The highest BCUT2D eigenvalue weighted by Gasteiger charge is 2.27. The number of hydrogen-bond acceptors (Lipinski definition) is 5. The van der Waals surface area contributed by atoms with Crippen LogP contribution in [-0.4, -0.2) is 73.6 Å². The molecule has 1 aromatic rings. The van der Waals surface area contributed by atoms with Crippen LogP contribution >= 0.6 is 0 Å². The number of hydrogen-bond donors (Lipinski definition) is 1. The predicted octanol–water partition coefficient (Wildman–Crippen LogP) is -0.0575. The normalized spacial score (nSPS) is 22.6. The number of furan rings is 1. The minimum atomic E-state index is -0.112. The van der Waals surface area contributed by atoms with Crippen molar-refractivity contribution in [3.63, 3.8) is 0 Å². The first-order chi connectivity index (χ1) is 10.7. The molecule has 120 valence electrons. The van der Waals surface area contributed by atoms with E-state index in [4.69, 9.17) is 9.15 Å². The van der Waals surface area contributed by atoms with Crippen molar-refractivity contribution in [2.45, 2.75) is 12.5 Å². The Bertz CT molecular complexity index is 503. The van der Waals surface area contributed by atoms with Gasteiger partial charge in [-0.05, 0) is 12.1 Å². The van der Waals surface area contributed by atoms with Gasteiger partial charge in [0.05, 0.1) is 19.5 Å². The minimum Gasteiger partial charge on any atom is -0.459 e. The lowest BCUT2D eigenvalue weighted by Crippen LogP contribution is -2.52. The molecule has 2 amide bonds. The van der Waals surface area contributed by atoms with E-state index < -0.39 is 0 Å². The van der Waals surface area contributed by atoms with Crippen LogP contribution in [0.4, 0.5) is 0 Å². The standard InChI is InChI=1S/C15H21N3O4/c19-14(10-12-11-21-9-3-16-12)17-4-6-18(7-5-17)15(20)13-2-1-8-22-13/h1-2,8,12,16H,3-7,9-11H2. The van der Waals surface area contributed by atoms with Crippen molar-refractivity contribution in [2.75, 3.05) is 45.9 Å². The smallest absolute Gasteiger partial charge is 0.289 e. The van der Waals surface area contributed by atoms with Gasteiger partial charge in [0.2, 0.25) is 5.91 Å². The fourth-order valence-corrected chi connectivity index (χ4v) is 2.81. The zero-order valence-corrected chi connectivity index (χ0v) is 12.5. The third-order valence-corrected chi connectivity index (χ3v) is 4.07. The Kier molecular flexibility index (Phi) is 4.74. The van der Waals surface area contributed by atoms with Crippen molar-refractivity contribution in [1.29, 1.82) is 0 Å². The van der Waals surface area contributed by atoms with E-state index in [1.54, 1.807) is 17.0 Å². The van der Waals surface area contributed by atoms with Crippen molar-refractivity contribution >= 4 is 11.8 Å². The molecule has 22 heavy (non-hydrogen) atoms. The molecule has 2 fully saturated rings. The molecule has 2 aliphatic heterocycles. The maximum Gasteiger partial charge on any atom is 0.289 e. The van der Waals surface area contributed by atoms with E-state index in [1.807, 2.05) is 4.90 Å². The molecule has 0 spiro atoms. The Hall–Kier alpha value is -1.86. The van der Waals surface area contributed by atoms with E-state index in [-0.39, 0.29) is 17.9 Å². The van der Waals surface area contributed by atoms with Crippen LogP contribution in [0.25, 0.3) is 0 Å². The second kappa shape index (κ2) is 6.93. The number of rotatable bonds is 3. The van der Waals surface area contributed by atoms with Crippen molar-refractivity contribution in [1.82, 2.24) is 15.1 Å². The van der Waals surface area contributed by atoms with E-state index in [0.717, 1.165) is 6.54 Å². The molecule has 3 rings (SSSR count). The fraction of sp³-hybridized carbons (Fsp3) is 0.600. The highest BCUT2D eigenvalue weighted by Crippen LogP contribution is 2.11. The van der Waals surface area contributed by atoms with Gasteiger partial charge in [-0.15, -0.1) is 0 Å². The molecule has 7 heteroatoms. The first-order valence-electron chi connectivity index (χ1n) is 7.66. The maximum absolute atomic E-state index is 12.3. The summed E-state index contributed by atoms with van der Waals surface area (Å²) in [6.45, 7) is 4.31. The van der Waals surface area contributed by atoms with Crippen LogP contribution in [0.2, 0.25) is 0 Å². The summed E-state index contributed by atoms with van der Waals surface area (Å²) in [7, 11) is 0. The van der Waals surface area contributed by atoms with E-state index in [1.165, 1.54) is 6.26 Å². The van der Waals surface area contributed by atoms with Crippen molar-refractivity contribution in [3.8, 4) is 0 Å². The number of carbonyl (C=O) groups excluding carboxylic acids is 2. The second-order valence-corrected chi connectivity index (χ2v) is 5.58. The van der Waals surface area contributed by atoms with Gasteiger partial charge in [-0.1, -0.05) is 0 Å². The molecule has 1 unspecified atom stereocenters. The molecule has 0 aliphatic carbocycles. The minimum absolute atomic E-state index is 0.101.